The van der Waals surface area contributed by atoms with Crippen LogP contribution >= 0.6 is 15.9 Å². The number of anilines is 1. The van der Waals surface area contributed by atoms with Crippen LogP contribution in [0.5, 0.6) is 0 Å². The van der Waals surface area contributed by atoms with Crippen molar-refractivity contribution in [3.8, 4) is 0 Å². The van der Waals surface area contributed by atoms with Crippen LogP contribution < -0.4 is 10.0 Å². The quantitative estimate of drug-likeness (QED) is 0.696. The third-order valence-electron chi connectivity index (χ3n) is 4.25. The van der Waals surface area contributed by atoms with Crippen LogP contribution in [0.4, 0.5) is 23.7 Å². The van der Waals surface area contributed by atoms with Gasteiger partial charge in [-0.3, -0.25) is 0 Å². The summed E-state index contributed by atoms with van der Waals surface area (Å²) < 4.78 is 39.2. The van der Waals surface area contributed by atoms with Crippen molar-refractivity contribution in [2.24, 2.45) is 0 Å². The van der Waals surface area contributed by atoms with E-state index in [0.717, 1.165) is 11.6 Å². The summed E-state index contributed by atoms with van der Waals surface area (Å²) in [6.07, 6.45) is -5.14. The molecule has 4 nitrogen and oxygen atoms in total. The Kier molecular flexibility index (Phi) is 3.54. The highest BCUT2D eigenvalue weighted by Gasteiger charge is 2.41. The Balaban J connectivity index is 1.99. The Morgan fingerprint density at radius 3 is 2.64 bits per heavy atom. The van der Waals surface area contributed by atoms with E-state index in [1.165, 1.54) is 11.0 Å². The first-order valence-electron chi connectivity index (χ1n) is 6.82. The van der Waals surface area contributed by atoms with Crippen molar-refractivity contribution in [1.82, 2.24) is 4.90 Å². The zero-order valence-corrected chi connectivity index (χ0v) is 13.2. The molecule has 0 N–H and O–H groups in total. The van der Waals surface area contributed by atoms with Crippen molar-refractivity contribution in [1.29, 1.82) is 0 Å². The Morgan fingerprint density at radius 1 is 1.36 bits per heavy atom. The Hall–Kier alpha value is -1.44. The molecule has 2 atom stereocenters. The van der Waals surface area contributed by atoms with Gasteiger partial charge in [-0.05, 0) is 31.0 Å². The van der Waals surface area contributed by atoms with E-state index in [4.69, 9.17) is 0 Å². The van der Waals surface area contributed by atoms with Gasteiger partial charge in [0.1, 0.15) is 6.09 Å². The van der Waals surface area contributed by atoms with Crippen molar-refractivity contribution in [3.63, 3.8) is 0 Å². The maximum atomic E-state index is 13.1. The first-order valence-corrected chi connectivity index (χ1v) is 7.61. The number of hydrogen-bond acceptors (Lipinski definition) is 3. The number of benzene rings is 1. The van der Waals surface area contributed by atoms with Gasteiger partial charge in [-0.25, -0.2) is 0 Å². The minimum atomic E-state index is -4.43. The molecule has 120 valence electrons. The van der Waals surface area contributed by atoms with E-state index in [0.29, 0.717) is 12.1 Å². The van der Waals surface area contributed by atoms with E-state index in [1.54, 1.807) is 0 Å². The van der Waals surface area contributed by atoms with Crippen LogP contribution in [0.2, 0.25) is 0 Å². The molecule has 0 spiro atoms. The number of carbonyl (C=O) groups excluding carboxylic acids is 1. The van der Waals surface area contributed by atoms with Crippen LogP contribution in [0.25, 0.3) is 0 Å². The molecule has 8 heteroatoms. The molecule has 0 aromatic heterocycles. The summed E-state index contributed by atoms with van der Waals surface area (Å²) >= 11 is 2.98. The zero-order chi connectivity index (χ0) is 16.2. The monoisotopic (exact) mass is 377 g/mol. The highest BCUT2D eigenvalue weighted by atomic mass is 79.9. The van der Waals surface area contributed by atoms with Gasteiger partial charge >= 0.3 is 6.18 Å². The summed E-state index contributed by atoms with van der Waals surface area (Å²) in [4.78, 5) is 14.2. The standard InChI is InChI=1S/C14H14BrF3N2O2/c1-7-5-19(13(21)22)6-9-2-8-3-11(15)10(14(16,17)18)4-12(8)20(7)9/h3-4,7,9H,2,5-6H2,1H3,(H,21,22)/p-1. The minimum Gasteiger partial charge on any atom is -0.530 e. The highest BCUT2D eigenvalue weighted by Crippen LogP contribution is 2.43. The number of carboxylic acid groups (broad SMARTS) is 1. The number of carbonyl (C=O) groups is 1. The van der Waals surface area contributed by atoms with Crippen molar-refractivity contribution < 1.29 is 23.1 Å². The fraction of sp³-hybridized carbons (Fsp3) is 0.500. The fourth-order valence-corrected chi connectivity index (χ4v) is 4.02. The lowest BCUT2D eigenvalue weighted by Gasteiger charge is -2.45. The number of nitrogens with zero attached hydrogens (tertiary/aromatic N) is 2. The largest absolute Gasteiger partial charge is 0.530 e. The molecule has 0 saturated carbocycles. The van der Waals surface area contributed by atoms with Gasteiger partial charge in [0.15, 0.2) is 0 Å². The van der Waals surface area contributed by atoms with Crippen LogP contribution in [0, 0.1) is 0 Å². The van der Waals surface area contributed by atoms with Gasteiger partial charge < -0.3 is 19.7 Å². The molecular weight excluding hydrogens is 365 g/mol. The average molecular weight is 378 g/mol. The van der Waals surface area contributed by atoms with E-state index in [9.17, 15) is 23.1 Å². The number of fused-ring (bicyclic) bond motifs is 3. The second-order valence-corrected chi connectivity index (χ2v) is 6.60. The molecule has 1 aromatic carbocycles. The smallest absolute Gasteiger partial charge is 0.417 e. The molecule has 2 aliphatic rings. The van der Waals surface area contributed by atoms with Crippen molar-refractivity contribution in [3.05, 3.63) is 27.7 Å². The number of amides is 1. The van der Waals surface area contributed by atoms with E-state index < -0.39 is 17.8 Å². The number of rotatable bonds is 0. The van der Waals surface area contributed by atoms with Crippen molar-refractivity contribution >= 4 is 27.7 Å². The van der Waals surface area contributed by atoms with Gasteiger partial charge in [0.2, 0.25) is 0 Å². The number of hydrogen-bond donors (Lipinski definition) is 0. The van der Waals surface area contributed by atoms with E-state index >= 15 is 0 Å². The lowest BCUT2D eigenvalue weighted by molar-refractivity contribution is -0.266. The third kappa shape index (κ3) is 2.43. The summed E-state index contributed by atoms with van der Waals surface area (Å²) in [5.41, 5.74) is 0.643. The molecule has 3 rings (SSSR count). The lowest BCUT2D eigenvalue weighted by atomic mass is 10.1. The number of halogens is 4. The Bertz CT molecular complexity index is 635. The molecule has 0 radical (unpaired) electrons. The van der Waals surface area contributed by atoms with Crippen LogP contribution in [0.1, 0.15) is 18.1 Å². The molecule has 2 heterocycles. The number of piperazine rings is 1. The van der Waals surface area contributed by atoms with Crippen LogP contribution in [0.3, 0.4) is 0 Å². The predicted octanol–water partition coefficient (Wildman–Crippen LogP) is 2.25. The van der Waals surface area contributed by atoms with Crippen molar-refractivity contribution in [2.75, 3.05) is 18.0 Å². The molecule has 22 heavy (non-hydrogen) atoms. The van der Waals surface area contributed by atoms with E-state index in [1.807, 2.05) is 11.8 Å². The molecular formula is C14H13BrF3N2O2-. The SMILES string of the molecule is CC1CN(C(=O)[O-])CC2Cc3cc(Br)c(C(F)(F)F)cc3N12. The lowest BCUT2D eigenvalue weighted by Crippen LogP contribution is -2.60. The topological polar surface area (TPSA) is 46.6 Å². The third-order valence-corrected chi connectivity index (χ3v) is 4.91. The summed E-state index contributed by atoms with van der Waals surface area (Å²) in [6, 6.07) is 2.31. The van der Waals surface area contributed by atoms with E-state index in [2.05, 4.69) is 15.9 Å². The molecule has 0 bridgehead atoms. The van der Waals surface area contributed by atoms with Gasteiger partial charge in [0.25, 0.3) is 0 Å². The van der Waals surface area contributed by atoms with Gasteiger partial charge in [0, 0.05) is 29.3 Å². The summed E-state index contributed by atoms with van der Waals surface area (Å²) in [5, 5.41) is 11.0. The maximum Gasteiger partial charge on any atom is 0.417 e. The molecule has 1 saturated heterocycles. The molecule has 0 aliphatic carbocycles. The predicted molar refractivity (Wildman–Crippen MR) is 75.5 cm³/mol. The second kappa shape index (κ2) is 5.04. The molecule has 1 fully saturated rings. The van der Waals surface area contributed by atoms with Gasteiger partial charge in [0.05, 0.1) is 11.6 Å². The van der Waals surface area contributed by atoms with Crippen LogP contribution in [0.15, 0.2) is 16.6 Å². The first kappa shape index (κ1) is 15.5. The van der Waals surface area contributed by atoms with Crippen LogP contribution in [-0.4, -0.2) is 36.2 Å². The molecule has 2 unspecified atom stereocenters. The summed E-state index contributed by atoms with van der Waals surface area (Å²) in [5.74, 6) is 0. The summed E-state index contributed by atoms with van der Waals surface area (Å²) in [7, 11) is 0. The first-order chi connectivity index (χ1) is 10.2. The normalized spacial score (nSPS) is 24.2. The molecule has 1 aromatic rings. The van der Waals surface area contributed by atoms with Gasteiger partial charge in [-0.1, -0.05) is 15.9 Å². The average Bonchev–Trinajstić information content (AvgIpc) is 2.73. The van der Waals surface area contributed by atoms with Crippen molar-refractivity contribution in [2.45, 2.75) is 31.6 Å². The molecule has 1 amide bonds. The highest BCUT2D eigenvalue weighted by molar-refractivity contribution is 9.10. The Labute approximate surface area is 133 Å². The fourth-order valence-electron chi connectivity index (χ4n) is 3.41. The minimum absolute atomic E-state index is 0.0167. The second-order valence-electron chi connectivity index (χ2n) is 5.74. The molecule has 2 aliphatic heterocycles. The van der Waals surface area contributed by atoms with Gasteiger partial charge in [-0.2, -0.15) is 13.2 Å². The van der Waals surface area contributed by atoms with Gasteiger partial charge in [-0.15, -0.1) is 0 Å². The van der Waals surface area contributed by atoms with E-state index in [-0.39, 0.29) is 29.6 Å². The summed E-state index contributed by atoms with van der Waals surface area (Å²) in [6.45, 7) is 2.29. The van der Waals surface area contributed by atoms with Crippen LogP contribution in [-0.2, 0) is 12.6 Å². The Morgan fingerprint density at radius 2 is 2.05 bits per heavy atom. The maximum absolute atomic E-state index is 13.1. The number of alkyl halides is 3. The zero-order valence-electron chi connectivity index (χ0n) is 11.7.